The molecule has 31 heavy (non-hydrogen) atoms. The summed E-state index contributed by atoms with van der Waals surface area (Å²) >= 11 is 1.35. The number of thiophene rings is 1. The Balaban J connectivity index is 1.44. The van der Waals surface area contributed by atoms with Crippen molar-refractivity contribution < 1.29 is 9.90 Å². The first-order valence-electron chi connectivity index (χ1n) is 10.8. The molecule has 4 heterocycles. The molecular weight excluding hydrogens is 410 g/mol. The van der Waals surface area contributed by atoms with Crippen LogP contribution in [0.4, 0.5) is 0 Å². The number of hydrogen-bond donors (Lipinski definition) is 1. The number of nitrogens with zero attached hydrogens (tertiary/aromatic N) is 3. The van der Waals surface area contributed by atoms with Crippen molar-refractivity contribution in [3.05, 3.63) is 62.5 Å². The number of aryl methyl sites for hydroxylation is 2. The standard InChI is InChI=1S/C24H25N3O3S/c1-15-20-22(25-19-5-3-2-4-12-27(19)23(20)29)31-21(15)24(30)26-13-10-17(11-14-26)16-6-8-18(28)9-7-16/h6-10,28H,2-5,11-14H2,1H3. The molecule has 1 aromatic carbocycles. The maximum absolute atomic E-state index is 13.3. The third kappa shape index (κ3) is 3.57. The minimum absolute atomic E-state index is 0.00264. The summed E-state index contributed by atoms with van der Waals surface area (Å²) in [5.41, 5.74) is 3.01. The molecule has 0 fully saturated rings. The van der Waals surface area contributed by atoms with Crippen LogP contribution >= 0.6 is 11.3 Å². The molecule has 0 saturated heterocycles. The molecule has 0 saturated carbocycles. The summed E-state index contributed by atoms with van der Waals surface area (Å²) in [5.74, 6) is 1.08. The van der Waals surface area contributed by atoms with Gasteiger partial charge in [-0.25, -0.2) is 4.98 Å². The minimum Gasteiger partial charge on any atom is -0.508 e. The van der Waals surface area contributed by atoms with E-state index in [4.69, 9.17) is 4.98 Å². The predicted molar refractivity (Wildman–Crippen MR) is 123 cm³/mol. The zero-order chi connectivity index (χ0) is 21.5. The van der Waals surface area contributed by atoms with Gasteiger partial charge in [0.15, 0.2) is 0 Å². The number of carbonyl (C=O) groups excluding carboxylic acids is 1. The van der Waals surface area contributed by atoms with Crippen LogP contribution < -0.4 is 5.56 Å². The summed E-state index contributed by atoms with van der Waals surface area (Å²) in [6.45, 7) is 3.75. The summed E-state index contributed by atoms with van der Waals surface area (Å²) < 4.78 is 1.82. The molecule has 0 unspecified atom stereocenters. The van der Waals surface area contributed by atoms with Crippen molar-refractivity contribution in [2.45, 2.75) is 45.6 Å². The van der Waals surface area contributed by atoms with Gasteiger partial charge < -0.3 is 10.0 Å². The molecule has 6 nitrogen and oxygen atoms in total. The molecule has 2 aliphatic heterocycles. The summed E-state index contributed by atoms with van der Waals surface area (Å²) in [6.07, 6.45) is 6.83. The van der Waals surface area contributed by atoms with E-state index in [2.05, 4.69) is 6.08 Å². The lowest BCUT2D eigenvalue weighted by Crippen LogP contribution is -2.34. The highest BCUT2D eigenvalue weighted by Gasteiger charge is 2.26. The topological polar surface area (TPSA) is 75.4 Å². The van der Waals surface area contributed by atoms with Crippen molar-refractivity contribution in [2.24, 2.45) is 0 Å². The van der Waals surface area contributed by atoms with Crippen molar-refractivity contribution >= 4 is 33.0 Å². The van der Waals surface area contributed by atoms with Gasteiger partial charge in [-0.3, -0.25) is 14.2 Å². The van der Waals surface area contributed by atoms with Crippen LogP contribution in [0.2, 0.25) is 0 Å². The SMILES string of the molecule is Cc1c(C(=O)N2CC=C(c3ccc(O)cc3)CC2)sc2nc3n(c(=O)c12)CCCCC3. The minimum atomic E-state index is -0.0268. The number of aromatic nitrogens is 2. The van der Waals surface area contributed by atoms with E-state index < -0.39 is 0 Å². The second-order valence-corrected chi connectivity index (χ2v) is 9.31. The van der Waals surface area contributed by atoms with Gasteiger partial charge in [-0.1, -0.05) is 24.6 Å². The Bertz CT molecular complexity index is 1250. The summed E-state index contributed by atoms with van der Waals surface area (Å²) in [6, 6.07) is 7.17. The molecule has 7 heteroatoms. The van der Waals surface area contributed by atoms with E-state index in [1.807, 2.05) is 28.5 Å². The van der Waals surface area contributed by atoms with E-state index >= 15 is 0 Å². The average molecular weight is 436 g/mol. The van der Waals surface area contributed by atoms with E-state index in [9.17, 15) is 14.7 Å². The van der Waals surface area contributed by atoms with Crippen molar-refractivity contribution in [2.75, 3.05) is 13.1 Å². The van der Waals surface area contributed by atoms with Gasteiger partial charge in [0.1, 0.15) is 16.4 Å². The number of benzene rings is 1. The van der Waals surface area contributed by atoms with Crippen LogP contribution in [0.1, 0.15) is 52.3 Å². The number of hydrogen-bond acceptors (Lipinski definition) is 5. The van der Waals surface area contributed by atoms with Crippen molar-refractivity contribution in [3.63, 3.8) is 0 Å². The molecule has 0 aliphatic carbocycles. The van der Waals surface area contributed by atoms with Gasteiger partial charge in [-0.05, 0) is 55.0 Å². The van der Waals surface area contributed by atoms with Gasteiger partial charge in [0, 0.05) is 26.1 Å². The van der Waals surface area contributed by atoms with Gasteiger partial charge in [0.2, 0.25) is 0 Å². The van der Waals surface area contributed by atoms with Crippen LogP contribution in [0, 0.1) is 6.92 Å². The molecule has 0 spiro atoms. The number of phenolic OH excluding ortho intramolecular Hbond substituents is 1. The molecule has 2 aliphatic rings. The van der Waals surface area contributed by atoms with Gasteiger partial charge >= 0.3 is 0 Å². The lowest BCUT2D eigenvalue weighted by molar-refractivity contribution is 0.0777. The lowest BCUT2D eigenvalue weighted by atomic mass is 9.99. The van der Waals surface area contributed by atoms with Crippen LogP contribution in [-0.4, -0.2) is 38.6 Å². The fourth-order valence-electron chi connectivity index (χ4n) is 4.55. The first kappa shape index (κ1) is 20.0. The Morgan fingerprint density at radius 1 is 1.10 bits per heavy atom. The molecule has 5 rings (SSSR count). The molecule has 2 aromatic heterocycles. The van der Waals surface area contributed by atoms with Gasteiger partial charge in [-0.15, -0.1) is 11.3 Å². The number of fused-ring (bicyclic) bond motifs is 2. The smallest absolute Gasteiger partial charge is 0.264 e. The third-order valence-corrected chi connectivity index (χ3v) is 7.51. The van der Waals surface area contributed by atoms with Crippen molar-refractivity contribution in [1.29, 1.82) is 0 Å². The number of phenols is 1. The Labute approximate surface area is 184 Å². The van der Waals surface area contributed by atoms with E-state index in [0.29, 0.717) is 34.7 Å². The summed E-state index contributed by atoms with van der Waals surface area (Å²) in [7, 11) is 0. The van der Waals surface area contributed by atoms with Crippen LogP contribution in [-0.2, 0) is 13.0 Å². The Hall–Kier alpha value is -2.93. The highest BCUT2D eigenvalue weighted by atomic mass is 32.1. The number of aromatic hydroxyl groups is 1. The average Bonchev–Trinajstić information content (AvgIpc) is 2.95. The molecule has 0 radical (unpaired) electrons. The van der Waals surface area contributed by atoms with E-state index in [1.54, 1.807) is 12.1 Å². The number of carbonyl (C=O) groups is 1. The van der Waals surface area contributed by atoms with E-state index in [0.717, 1.165) is 49.1 Å². The van der Waals surface area contributed by atoms with Crippen molar-refractivity contribution in [1.82, 2.24) is 14.5 Å². The van der Waals surface area contributed by atoms with Crippen LogP contribution in [0.25, 0.3) is 15.8 Å². The quantitative estimate of drug-likeness (QED) is 0.657. The molecule has 160 valence electrons. The Morgan fingerprint density at radius 3 is 2.65 bits per heavy atom. The van der Waals surface area contributed by atoms with Gasteiger partial charge in [0.05, 0.1) is 10.3 Å². The van der Waals surface area contributed by atoms with Crippen LogP contribution in [0.3, 0.4) is 0 Å². The molecule has 1 N–H and O–H groups in total. The molecule has 0 bridgehead atoms. The zero-order valence-corrected chi connectivity index (χ0v) is 18.4. The summed E-state index contributed by atoms with van der Waals surface area (Å²) in [5, 5.41) is 10.1. The number of amides is 1. The van der Waals surface area contributed by atoms with Crippen LogP contribution in [0.5, 0.6) is 5.75 Å². The largest absolute Gasteiger partial charge is 0.508 e. The molecule has 3 aromatic rings. The second-order valence-electron chi connectivity index (χ2n) is 8.31. The van der Waals surface area contributed by atoms with Gasteiger partial charge in [-0.2, -0.15) is 0 Å². The summed E-state index contributed by atoms with van der Waals surface area (Å²) in [4.78, 5) is 34.4. The predicted octanol–water partition coefficient (Wildman–Crippen LogP) is 4.13. The van der Waals surface area contributed by atoms with Crippen LogP contribution in [0.15, 0.2) is 35.1 Å². The maximum Gasteiger partial charge on any atom is 0.264 e. The maximum atomic E-state index is 13.3. The first-order chi connectivity index (χ1) is 15.0. The lowest BCUT2D eigenvalue weighted by Gasteiger charge is -2.26. The Kier molecular flexibility index (Phi) is 5.14. The van der Waals surface area contributed by atoms with Gasteiger partial charge in [0.25, 0.3) is 11.5 Å². The Morgan fingerprint density at radius 2 is 1.90 bits per heavy atom. The fraction of sp³-hybridized carbons (Fsp3) is 0.375. The fourth-order valence-corrected chi connectivity index (χ4v) is 5.71. The molecular formula is C24H25N3O3S. The second kappa shape index (κ2) is 7.96. The van der Waals surface area contributed by atoms with Crippen molar-refractivity contribution in [3.8, 4) is 5.75 Å². The van der Waals surface area contributed by atoms with E-state index in [1.165, 1.54) is 16.9 Å². The third-order valence-electron chi connectivity index (χ3n) is 6.34. The van der Waals surface area contributed by atoms with E-state index in [-0.39, 0.29) is 17.2 Å². The number of rotatable bonds is 2. The highest BCUT2D eigenvalue weighted by Crippen LogP contribution is 2.31. The zero-order valence-electron chi connectivity index (χ0n) is 17.6. The monoisotopic (exact) mass is 435 g/mol. The molecule has 0 atom stereocenters. The first-order valence-corrected chi connectivity index (χ1v) is 11.6. The highest BCUT2D eigenvalue weighted by molar-refractivity contribution is 7.20. The molecule has 1 amide bonds. The normalized spacial score (nSPS) is 16.7.